The number of ketones is 1. The van der Waals surface area contributed by atoms with Crippen LogP contribution in [-0.2, 0) is 17.6 Å². The van der Waals surface area contributed by atoms with E-state index in [-0.39, 0.29) is 17.8 Å². The van der Waals surface area contributed by atoms with E-state index < -0.39 is 6.10 Å². The van der Waals surface area contributed by atoms with Crippen LogP contribution < -0.4 is 14.8 Å². The molecule has 156 valence electrons. The van der Waals surface area contributed by atoms with Crippen LogP contribution in [0.5, 0.6) is 11.5 Å². The number of amides is 1. The van der Waals surface area contributed by atoms with Crippen molar-refractivity contribution in [1.82, 2.24) is 5.32 Å². The van der Waals surface area contributed by atoms with Crippen LogP contribution in [-0.4, -0.2) is 30.4 Å². The van der Waals surface area contributed by atoms with Crippen molar-refractivity contribution in [2.45, 2.75) is 32.0 Å². The molecule has 0 aromatic heterocycles. The Bertz CT molecular complexity index is 1140. The SMILES string of the molecule is CC(=O)c1ccccc1-c1ccc2c(c1)C[C@H](CNC(=O)[C@H]1Cc3ccccc3O1)O2. The maximum Gasteiger partial charge on any atom is 0.261 e. The fraction of sp³-hybridized carbons (Fsp3) is 0.231. The van der Waals surface area contributed by atoms with E-state index in [4.69, 9.17) is 9.47 Å². The molecule has 2 aliphatic heterocycles. The number of carbonyl (C=O) groups is 2. The Kier molecular flexibility index (Phi) is 4.94. The van der Waals surface area contributed by atoms with Crippen LogP contribution >= 0.6 is 0 Å². The summed E-state index contributed by atoms with van der Waals surface area (Å²) in [6.07, 6.45) is 0.682. The van der Waals surface area contributed by atoms with Gasteiger partial charge in [0.15, 0.2) is 11.9 Å². The summed E-state index contributed by atoms with van der Waals surface area (Å²) in [4.78, 5) is 24.5. The molecule has 0 radical (unpaired) electrons. The number of benzene rings is 3. The van der Waals surface area contributed by atoms with Gasteiger partial charge in [-0.25, -0.2) is 0 Å². The van der Waals surface area contributed by atoms with Crippen LogP contribution in [0.4, 0.5) is 0 Å². The fourth-order valence-corrected chi connectivity index (χ4v) is 4.30. The van der Waals surface area contributed by atoms with E-state index in [0.717, 1.165) is 33.8 Å². The zero-order chi connectivity index (χ0) is 21.4. The lowest BCUT2D eigenvalue weighted by molar-refractivity contribution is -0.127. The molecule has 1 N–H and O–H groups in total. The number of rotatable bonds is 5. The van der Waals surface area contributed by atoms with Crippen molar-refractivity contribution in [3.05, 3.63) is 83.4 Å². The normalized spacial score (nSPS) is 18.5. The van der Waals surface area contributed by atoms with Crippen molar-refractivity contribution < 1.29 is 19.1 Å². The molecular formula is C26H23NO4. The maximum atomic E-state index is 12.6. The summed E-state index contributed by atoms with van der Waals surface area (Å²) in [5.74, 6) is 1.54. The Balaban J connectivity index is 1.23. The molecule has 0 aliphatic carbocycles. The smallest absolute Gasteiger partial charge is 0.261 e. The van der Waals surface area contributed by atoms with Gasteiger partial charge in [-0.1, -0.05) is 48.5 Å². The predicted octanol–water partition coefficient (Wildman–Crippen LogP) is 3.98. The number of nitrogens with one attached hydrogen (secondary N) is 1. The summed E-state index contributed by atoms with van der Waals surface area (Å²) in [6, 6.07) is 21.4. The third kappa shape index (κ3) is 3.79. The van der Waals surface area contributed by atoms with Crippen LogP contribution in [0, 0.1) is 0 Å². The zero-order valence-electron chi connectivity index (χ0n) is 17.3. The van der Waals surface area contributed by atoms with E-state index in [1.54, 1.807) is 6.92 Å². The van der Waals surface area contributed by atoms with Crippen molar-refractivity contribution in [2.24, 2.45) is 0 Å². The maximum absolute atomic E-state index is 12.6. The van der Waals surface area contributed by atoms with Gasteiger partial charge in [0.25, 0.3) is 5.91 Å². The van der Waals surface area contributed by atoms with Crippen LogP contribution in [0.3, 0.4) is 0 Å². The molecule has 2 aliphatic rings. The molecule has 0 fully saturated rings. The molecule has 2 heterocycles. The Labute approximate surface area is 181 Å². The highest BCUT2D eigenvalue weighted by molar-refractivity contribution is 6.00. The standard InChI is InChI=1S/C26H23NO4/c1-16(28)21-7-3-4-8-22(21)17-10-11-24-19(12-17)13-20(30-24)15-27-26(29)25-14-18-6-2-5-9-23(18)31-25/h2-12,20,25H,13-15H2,1H3,(H,27,29)/t20-,25-/m1/s1. The molecule has 31 heavy (non-hydrogen) atoms. The van der Waals surface area contributed by atoms with E-state index in [1.165, 1.54) is 0 Å². The van der Waals surface area contributed by atoms with Crippen LogP contribution in [0.1, 0.15) is 28.4 Å². The lowest BCUT2D eigenvalue weighted by atomic mass is 9.95. The molecule has 0 bridgehead atoms. The van der Waals surface area contributed by atoms with Crippen LogP contribution in [0.25, 0.3) is 11.1 Å². The molecule has 3 aromatic rings. The van der Waals surface area contributed by atoms with Gasteiger partial charge >= 0.3 is 0 Å². The van der Waals surface area contributed by atoms with Gasteiger partial charge < -0.3 is 14.8 Å². The first-order chi connectivity index (χ1) is 15.1. The zero-order valence-corrected chi connectivity index (χ0v) is 17.3. The quantitative estimate of drug-likeness (QED) is 0.643. The molecular weight excluding hydrogens is 390 g/mol. The third-order valence-corrected chi connectivity index (χ3v) is 5.86. The highest BCUT2D eigenvalue weighted by atomic mass is 16.5. The number of hydrogen-bond donors (Lipinski definition) is 1. The molecule has 1 amide bonds. The van der Waals surface area contributed by atoms with E-state index in [1.807, 2.05) is 60.7 Å². The topological polar surface area (TPSA) is 64.6 Å². The summed E-state index contributed by atoms with van der Waals surface area (Å²) >= 11 is 0. The Hall–Kier alpha value is -3.60. The van der Waals surface area contributed by atoms with Gasteiger partial charge in [-0.15, -0.1) is 0 Å². The summed E-state index contributed by atoms with van der Waals surface area (Å²) in [5.41, 5.74) is 4.77. The monoisotopic (exact) mass is 413 g/mol. The van der Waals surface area contributed by atoms with E-state index >= 15 is 0 Å². The van der Waals surface area contributed by atoms with E-state index in [0.29, 0.717) is 24.9 Å². The van der Waals surface area contributed by atoms with Crippen LogP contribution in [0.2, 0.25) is 0 Å². The average molecular weight is 413 g/mol. The number of carbonyl (C=O) groups excluding carboxylic acids is 2. The number of fused-ring (bicyclic) bond motifs is 2. The number of Topliss-reactive ketones (excluding diaryl/α,β-unsaturated/α-hetero) is 1. The van der Waals surface area contributed by atoms with Crippen molar-refractivity contribution in [3.8, 4) is 22.6 Å². The number of ether oxygens (including phenoxy) is 2. The van der Waals surface area contributed by atoms with E-state index in [2.05, 4.69) is 11.4 Å². The minimum absolute atomic E-state index is 0.0456. The second-order valence-electron chi connectivity index (χ2n) is 8.03. The predicted molar refractivity (Wildman–Crippen MR) is 118 cm³/mol. The Morgan fingerprint density at radius 2 is 1.68 bits per heavy atom. The fourth-order valence-electron chi connectivity index (χ4n) is 4.30. The van der Waals surface area contributed by atoms with Crippen LogP contribution in [0.15, 0.2) is 66.7 Å². The van der Waals surface area contributed by atoms with Gasteiger partial charge in [0, 0.05) is 18.4 Å². The number of para-hydroxylation sites is 1. The molecule has 5 rings (SSSR count). The second kappa shape index (κ2) is 7.91. The molecule has 0 spiro atoms. The molecule has 5 nitrogen and oxygen atoms in total. The summed E-state index contributed by atoms with van der Waals surface area (Å²) in [7, 11) is 0. The minimum Gasteiger partial charge on any atom is -0.488 e. The molecule has 0 unspecified atom stereocenters. The highest BCUT2D eigenvalue weighted by Crippen LogP contribution is 2.34. The summed E-state index contributed by atoms with van der Waals surface area (Å²) in [6.45, 7) is 2.00. The van der Waals surface area contributed by atoms with Gasteiger partial charge in [-0.2, -0.15) is 0 Å². The van der Waals surface area contributed by atoms with Crippen molar-refractivity contribution in [2.75, 3.05) is 6.54 Å². The molecule has 0 saturated heterocycles. The molecule has 2 atom stereocenters. The summed E-state index contributed by atoms with van der Waals surface area (Å²) in [5, 5.41) is 2.97. The molecule has 0 saturated carbocycles. The van der Waals surface area contributed by atoms with Gasteiger partial charge in [-0.05, 0) is 47.4 Å². The van der Waals surface area contributed by atoms with Crippen molar-refractivity contribution in [1.29, 1.82) is 0 Å². The summed E-state index contributed by atoms with van der Waals surface area (Å²) < 4.78 is 11.8. The van der Waals surface area contributed by atoms with Gasteiger partial charge in [0.2, 0.25) is 0 Å². The Morgan fingerprint density at radius 1 is 0.903 bits per heavy atom. The third-order valence-electron chi connectivity index (χ3n) is 5.86. The Morgan fingerprint density at radius 3 is 2.52 bits per heavy atom. The lowest BCUT2D eigenvalue weighted by Crippen LogP contribution is -2.42. The average Bonchev–Trinajstić information content (AvgIpc) is 3.40. The van der Waals surface area contributed by atoms with Gasteiger partial charge in [0.05, 0.1) is 6.54 Å². The van der Waals surface area contributed by atoms with Gasteiger partial charge in [0.1, 0.15) is 17.6 Å². The molecule has 3 aromatic carbocycles. The minimum atomic E-state index is -0.490. The molecule has 5 heteroatoms. The largest absolute Gasteiger partial charge is 0.488 e. The van der Waals surface area contributed by atoms with Crippen molar-refractivity contribution in [3.63, 3.8) is 0 Å². The number of hydrogen-bond acceptors (Lipinski definition) is 4. The first-order valence-corrected chi connectivity index (χ1v) is 10.5. The lowest BCUT2D eigenvalue weighted by Gasteiger charge is -2.15. The van der Waals surface area contributed by atoms with E-state index in [9.17, 15) is 9.59 Å². The second-order valence-corrected chi connectivity index (χ2v) is 8.03. The van der Waals surface area contributed by atoms with Gasteiger partial charge in [-0.3, -0.25) is 9.59 Å². The van der Waals surface area contributed by atoms with Crippen molar-refractivity contribution >= 4 is 11.7 Å². The highest BCUT2D eigenvalue weighted by Gasteiger charge is 2.30. The first kappa shape index (κ1) is 19.4. The first-order valence-electron chi connectivity index (χ1n) is 10.5.